The maximum Gasteiger partial charge on any atom is 0.191 e. The largest absolute Gasteiger partial charge is 0.481 e. The molecule has 0 amide bonds. The minimum Gasteiger partial charge on any atom is -0.481 e. The molecule has 1 aromatic carbocycles. The van der Waals surface area contributed by atoms with Crippen LogP contribution in [0.3, 0.4) is 0 Å². The summed E-state index contributed by atoms with van der Waals surface area (Å²) in [6.45, 7) is -0.0813. The van der Waals surface area contributed by atoms with Crippen molar-refractivity contribution in [3.63, 3.8) is 0 Å². The Hall–Kier alpha value is -1.75. The maximum absolute atomic E-state index is 13.2. The van der Waals surface area contributed by atoms with Gasteiger partial charge in [0.2, 0.25) is 0 Å². The number of nitrogens with zero attached hydrogens (tertiary/aromatic N) is 2. The van der Waals surface area contributed by atoms with Gasteiger partial charge < -0.3 is 4.74 Å². The van der Waals surface area contributed by atoms with Crippen molar-refractivity contribution in [1.29, 1.82) is 0 Å². The predicted octanol–water partition coefficient (Wildman–Crippen LogP) is 2.99. The Morgan fingerprint density at radius 2 is 1.76 bits per heavy atom. The van der Waals surface area contributed by atoms with Crippen LogP contribution in [0, 0.1) is 11.6 Å². The SMILES string of the molecule is Fc1cccc(F)c1OCc1ccc(Cl)nn1. The van der Waals surface area contributed by atoms with Crippen LogP contribution < -0.4 is 4.74 Å². The number of para-hydroxylation sites is 1. The zero-order valence-electron chi connectivity index (χ0n) is 8.53. The fourth-order valence-electron chi connectivity index (χ4n) is 1.19. The molecule has 0 atom stereocenters. The molecule has 17 heavy (non-hydrogen) atoms. The molecule has 0 spiro atoms. The van der Waals surface area contributed by atoms with Gasteiger partial charge in [0, 0.05) is 0 Å². The first-order valence-electron chi connectivity index (χ1n) is 4.72. The second-order valence-electron chi connectivity index (χ2n) is 3.19. The average molecular weight is 257 g/mol. The van der Waals surface area contributed by atoms with Crippen LogP contribution in [0.25, 0.3) is 0 Å². The van der Waals surface area contributed by atoms with Gasteiger partial charge in [0.1, 0.15) is 12.3 Å². The Labute approximate surface area is 101 Å². The van der Waals surface area contributed by atoms with Gasteiger partial charge >= 0.3 is 0 Å². The van der Waals surface area contributed by atoms with E-state index in [1.165, 1.54) is 12.1 Å². The van der Waals surface area contributed by atoms with Gasteiger partial charge in [0.15, 0.2) is 22.5 Å². The minimum absolute atomic E-state index is 0.0813. The van der Waals surface area contributed by atoms with E-state index < -0.39 is 17.4 Å². The zero-order chi connectivity index (χ0) is 12.3. The second-order valence-corrected chi connectivity index (χ2v) is 3.57. The zero-order valence-corrected chi connectivity index (χ0v) is 9.29. The third-order valence-corrected chi connectivity index (χ3v) is 2.17. The summed E-state index contributed by atoms with van der Waals surface area (Å²) in [6, 6.07) is 6.58. The molecular weight excluding hydrogens is 250 g/mol. The van der Waals surface area contributed by atoms with E-state index in [4.69, 9.17) is 16.3 Å². The van der Waals surface area contributed by atoms with Crippen LogP contribution >= 0.6 is 11.6 Å². The van der Waals surface area contributed by atoms with E-state index in [0.717, 1.165) is 12.1 Å². The van der Waals surface area contributed by atoms with Gasteiger partial charge in [-0.05, 0) is 24.3 Å². The monoisotopic (exact) mass is 256 g/mol. The van der Waals surface area contributed by atoms with E-state index in [2.05, 4.69) is 10.2 Å². The molecule has 0 saturated carbocycles. The highest BCUT2D eigenvalue weighted by molar-refractivity contribution is 6.29. The number of rotatable bonds is 3. The molecule has 0 aliphatic rings. The highest BCUT2D eigenvalue weighted by atomic mass is 35.5. The van der Waals surface area contributed by atoms with E-state index in [1.807, 2.05) is 0 Å². The molecule has 0 unspecified atom stereocenters. The Morgan fingerprint density at radius 3 is 2.35 bits per heavy atom. The van der Waals surface area contributed by atoms with Gasteiger partial charge in [-0.3, -0.25) is 0 Å². The summed E-state index contributed by atoms with van der Waals surface area (Å²) in [7, 11) is 0. The first kappa shape index (κ1) is 11.7. The van der Waals surface area contributed by atoms with Crippen molar-refractivity contribution < 1.29 is 13.5 Å². The first-order chi connectivity index (χ1) is 8.16. The molecule has 0 radical (unpaired) electrons. The van der Waals surface area contributed by atoms with Crippen LogP contribution in [0.4, 0.5) is 8.78 Å². The molecule has 3 nitrogen and oxygen atoms in total. The highest BCUT2D eigenvalue weighted by Crippen LogP contribution is 2.21. The molecule has 0 fully saturated rings. The molecule has 6 heteroatoms. The molecule has 1 heterocycles. The number of aromatic nitrogens is 2. The lowest BCUT2D eigenvalue weighted by Crippen LogP contribution is -2.02. The summed E-state index contributed by atoms with van der Waals surface area (Å²) in [5.74, 6) is -1.94. The van der Waals surface area contributed by atoms with Gasteiger partial charge in [-0.25, -0.2) is 8.78 Å². The number of halogens is 3. The van der Waals surface area contributed by atoms with Crippen molar-refractivity contribution in [3.05, 3.63) is 52.8 Å². The van der Waals surface area contributed by atoms with Crippen molar-refractivity contribution in [3.8, 4) is 5.75 Å². The first-order valence-corrected chi connectivity index (χ1v) is 5.09. The van der Waals surface area contributed by atoms with Crippen molar-refractivity contribution >= 4 is 11.6 Å². The molecule has 0 bridgehead atoms. The summed E-state index contributed by atoms with van der Waals surface area (Å²) in [5, 5.41) is 7.53. The third kappa shape index (κ3) is 2.88. The smallest absolute Gasteiger partial charge is 0.191 e. The molecule has 2 aromatic rings. The van der Waals surface area contributed by atoms with Crippen LogP contribution in [0.1, 0.15) is 5.69 Å². The predicted molar refractivity (Wildman–Crippen MR) is 57.7 cm³/mol. The van der Waals surface area contributed by atoms with Crippen LogP contribution in [-0.4, -0.2) is 10.2 Å². The number of hydrogen-bond donors (Lipinski definition) is 0. The molecular formula is C11H7ClF2N2O. The lowest BCUT2D eigenvalue weighted by molar-refractivity contribution is 0.269. The van der Waals surface area contributed by atoms with Crippen molar-refractivity contribution in [2.45, 2.75) is 6.61 Å². The average Bonchev–Trinajstić information content (AvgIpc) is 2.31. The van der Waals surface area contributed by atoms with Gasteiger partial charge in [-0.2, -0.15) is 5.10 Å². The molecule has 0 saturated heterocycles. The van der Waals surface area contributed by atoms with E-state index in [9.17, 15) is 8.78 Å². The molecule has 2 rings (SSSR count). The maximum atomic E-state index is 13.2. The molecule has 88 valence electrons. The van der Waals surface area contributed by atoms with Gasteiger partial charge in [0.25, 0.3) is 0 Å². The summed E-state index contributed by atoms with van der Waals surface area (Å²) in [6.07, 6.45) is 0. The van der Waals surface area contributed by atoms with E-state index in [0.29, 0.717) is 5.69 Å². The molecule has 0 aliphatic heterocycles. The Kier molecular flexibility index (Phi) is 3.49. The summed E-state index contributed by atoms with van der Waals surface area (Å²) >= 11 is 5.54. The Morgan fingerprint density at radius 1 is 1.06 bits per heavy atom. The number of hydrogen-bond acceptors (Lipinski definition) is 3. The lowest BCUT2D eigenvalue weighted by atomic mass is 10.3. The van der Waals surface area contributed by atoms with Gasteiger partial charge in [-0.1, -0.05) is 17.7 Å². The fourth-order valence-corrected chi connectivity index (χ4v) is 1.29. The van der Waals surface area contributed by atoms with Gasteiger partial charge in [-0.15, -0.1) is 5.10 Å². The fraction of sp³-hybridized carbons (Fsp3) is 0.0909. The molecule has 1 aromatic heterocycles. The minimum atomic E-state index is -0.757. The standard InChI is InChI=1S/C11H7ClF2N2O/c12-10-5-4-7(15-16-10)6-17-11-8(13)2-1-3-9(11)14/h1-5H,6H2. The molecule has 0 aliphatic carbocycles. The summed E-state index contributed by atoms with van der Waals surface area (Å²) in [4.78, 5) is 0. The highest BCUT2D eigenvalue weighted by Gasteiger charge is 2.09. The van der Waals surface area contributed by atoms with E-state index >= 15 is 0 Å². The van der Waals surface area contributed by atoms with Crippen molar-refractivity contribution in [2.75, 3.05) is 0 Å². The van der Waals surface area contributed by atoms with Crippen LogP contribution in [-0.2, 0) is 6.61 Å². The second kappa shape index (κ2) is 5.05. The number of benzene rings is 1. The van der Waals surface area contributed by atoms with Crippen LogP contribution in [0.2, 0.25) is 5.15 Å². The topological polar surface area (TPSA) is 35.0 Å². The van der Waals surface area contributed by atoms with Crippen molar-refractivity contribution in [2.24, 2.45) is 0 Å². The van der Waals surface area contributed by atoms with Gasteiger partial charge in [0.05, 0.1) is 0 Å². The Bertz CT molecular complexity index is 499. The third-order valence-electron chi connectivity index (χ3n) is 1.97. The van der Waals surface area contributed by atoms with E-state index in [-0.39, 0.29) is 11.8 Å². The summed E-state index contributed by atoms with van der Waals surface area (Å²) < 4.78 is 31.4. The van der Waals surface area contributed by atoms with Crippen LogP contribution in [0.5, 0.6) is 5.75 Å². The summed E-state index contributed by atoms with van der Waals surface area (Å²) in [5.41, 5.74) is 0.428. The number of ether oxygens (including phenoxy) is 1. The van der Waals surface area contributed by atoms with Crippen LogP contribution in [0.15, 0.2) is 30.3 Å². The lowest BCUT2D eigenvalue weighted by Gasteiger charge is -2.07. The normalized spacial score (nSPS) is 10.3. The quantitative estimate of drug-likeness (QED) is 0.847. The Balaban J connectivity index is 2.10. The molecule has 0 N–H and O–H groups in total. The van der Waals surface area contributed by atoms with Crippen molar-refractivity contribution in [1.82, 2.24) is 10.2 Å². The van der Waals surface area contributed by atoms with E-state index in [1.54, 1.807) is 6.07 Å².